The van der Waals surface area contributed by atoms with Crippen LogP contribution >= 0.6 is 24.2 Å². The molecule has 9 heteroatoms. The predicted octanol–water partition coefficient (Wildman–Crippen LogP) is 1.74. The Morgan fingerprint density at radius 3 is 2.44 bits per heavy atom. The summed E-state index contributed by atoms with van der Waals surface area (Å²) in [5.41, 5.74) is 5.35. The molecule has 0 atom stereocenters. The van der Waals surface area contributed by atoms with Crippen molar-refractivity contribution in [1.29, 1.82) is 0 Å². The van der Waals surface area contributed by atoms with E-state index in [0.717, 1.165) is 11.8 Å². The van der Waals surface area contributed by atoms with Crippen molar-refractivity contribution >= 4 is 24.2 Å². The number of thioether (sulfide) groups is 1. The largest absolute Gasteiger partial charge is 0.389 e. The Bertz CT molecular complexity index is 328. The van der Waals surface area contributed by atoms with Gasteiger partial charge in [0.15, 0.2) is 5.16 Å². The fourth-order valence-corrected chi connectivity index (χ4v) is 1.82. The number of halogens is 4. The Kier molecular flexibility index (Phi) is 6.13. The van der Waals surface area contributed by atoms with Gasteiger partial charge in [-0.1, -0.05) is 11.8 Å². The third kappa shape index (κ3) is 4.58. The summed E-state index contributed by atoms with van der Waals surface area (Å²) < 4.78 is 37.2. The first-order valence-corrected chi connectivity index (χ1v) is 5.20. The Morgan fingerprint density at radius 1 is 1.38 bits per heavy atom. The molecule has 16 heavy (non-hydrogen) atoms. The van der Waals surface area contributed by atoms with Crippen LogP contribution in [0.5, 0.6) is 0 Å². The number of nitrogens with zero attached hydrogens (tertiary/aromatic N) is 3. The van der Waals surface area contributed by atoms with Gasteiger partial charge in [-0.2, -0.15) is 13.2 Å². The van der Waals surface area contributed by atoms with E-state index in [4.69, 9.17) is 5.73 Å². The molecule has 1 rings (SSSR count). The SMILES string of the molecule is Cl.Cn1c(CN)nnc1SCCC(F)(F)F. The topological polar surface area (TPSA) is 56.7 Å². The molecule has 0 aliphatic heterocycles. The summed E-state index contributed by atoms with van der Waals surface area (Å²) in [4.78, 5) is 0. The van der Waals surface area contributed by atoms with Crippen molar-refractivity contribution in [2.75, 3.05) is 5.75 Å². The van der Waals surface area contributed by atoms with Gasteiger partial charge < -0.3 is 10.3 Å². The fourth-order valence-electron chi connectivity index (χ4n) is 0.907. The maximum absolute atomic E-state index is 11.9. The van der Waals surface area contributed by atoms with E-state index < -0.39 is 12.6 Å². The summed E-state index contributed by atoms with van der Waals surface area (Å²) >= 11 is 1.02. The first-order chi connectivity index (χ1) is 6.94. The van der Waals surface area contributed by atoms with Gasteiger partial charge in [0.1, 0.15) is 5.82 Å². The van der Waals surface area contributed by atoms with Crippen molar-refractivity contribution < 1.29 is 13.2 Å². The second-order valence-electron chi connectivity index (χ2n) is 2.88. The molecule has 0 amide bonds. The van der Waals surface area contributed by atoms with Crippen molar-refractivity contribution in [1.82, 2.24) is 14.8 Å². The minimum Gasteiger partial charge on any atom is -0.324 e. The van der Waals surface area contributed by atoms with Crippen molar-refractivity contribution in [3.8, 4) is 0 Å². The van der Waals surface area contributed by atoms with Gasteiger partial charge in [-0.05, 0) is 0 Å². The van der Waals surface area contributed by atoms with Gasteiger partial charge in [0.2, 0.25) is 0 Å². The molecule has 0 saturated heterocycles. The normalized spacial score (nSPS) is 11.3. The van der Waals surface area contributed by atoms with Crippen molar-refractivity contribution in [2.24, 2.45) is 12.8 Å². The lowest BCUT2D eigenvalue weighted by atomic mass is 10.5. The van der Waals surface area contributed by atoms with E-state index in [2.05, 4.69) is 10.2 Å². The smallest absolute Gasteiger partial charge is 0.324 e. The summed E-state index contributed by atoms with van der Waals surface area (Å²) in [6.45, 7) is 0.226. The first kappa shape index (κ1) is 15.5. The van der Waals surface area contributed by atoms with Gasteiger partial charge in [-0.25, -0.2) is 0 Å². The van der Waals surface area contributed by atoms with Crippen molar-refractivity contribution in [3.05, 3.63) is 5.82 Å². The summed E-state index contributed by atoms with van der Waals surface area (Å²) in [6.07, 6.45) is -4.95. The molecule has 0 aliphatic rings. The number of aromatic nitrogens is 3. The van der Waals surface area contributed by atoms with E-state index in [0.29, 0.717) is 11.0 Å². The Morgan fingerprint density at radius 2 is 2.00 bits per heavy atom. The zero-order chi connectivity index (χ0) is 11.5. The molecular formula is C7H12ClF3N4S. The van der Waals surface area contributed by atoms with Crippen LogP contribution in [0.15, 0.2) is 5.16 Å². The van der Waals surface area contributed by atoms with Crippen LogP contribution in [-0.4, -0.2) is 26.7 Å². The summed E-state index contributed by atoms with van der Waals surface area (Å²) in [7, 11) is 1.68. The van der Waals surface area contributed by atoms with Gasteiger partial charge in [0.25, 0.3) is 0 Å². The molecule has 4 nitrogen and oxygen atoms in total. The maximum atomic E-state index is 11.9. The number of nitrogens with two attached hydrogens (primary N) is 1. The molecule has 94 valence electrons. The maximum Gasteiger partial charge on any atom is 0.389 e. The number of rotatable bonds is 4. The minimum absolute atomic E-state index is 0. The lowest BCUT2D eigenvalue weighted by Crippen LogP contribution is -2.09. The van der Waals surface area contributed by atoms with Crippen molar-refractivity contribution in [2.45, 2.75) is 24.3 Å². The molecular weight excluding hydrogens is 265 g/mol. The molecule has 0 radical (unpaired) electrons. The molecule has 0 aliphatic carbocycles. The van der Waals surface area contributed by atoms with Crippen LogP contribution in [0.3, 0.4) is 0 Å². The average molecular weight is 277 g/mol. The average Bonchev–Trinajstić information content (AvgIpc) is 2.46. The van der Waals surface area contributed by atoms with Gasteiger partial charge in [0.05, 0.1) is 13.0 Å². The molecule has 0 saturated carbocycles. The summed E-state index contributed by atoms with van der Waals surface area (Å²) in [6, 6.07) is 0. The highest BCUT2D eigenvalue weighted by molar-refractivity contribution is 7.99. The molecule has 2 N–H and O–H groups in total. The zero-order valence-corrected chi connectivity index (χ0v) is 10.1. The van der Waals surface area contributed by atoms with Crippen LogP contribution in [0.4, 0.5) is 13.2 Å². The Hall–Kier alpha value is -0.470. The third-order valence-electron chi connectivity index (χ3n) is 1.72. The minimum atomic E-state index is -4.12. The van der Waals surface area contributed by atoms with Crippen LogP contribution in [0.25, 0.3) is 0 Å². The standard InChI is InChI=1S/C7H11F3N4S.ClH/c1-14-5(4-11)12-13-6(14)15-3-2-7(8,9)10;/h2-4,11H2,1H3;1H. The first-order valence-electron chi connectivity index (χ1n) is 4.22. The number of hydrogen-bond acceptors (Lipinski definition) is 4. The molecule has 1 aromatic heterocycles. The Balaban J connectivity index is 0.00000225. The fraction of sp³-hybridized carbons (Fsp3) is 0.714. The van der Waals surface area contributed by atoms with Crippen LogP contribution < -0.4 is 5.73 Å². The van der Waals surface area contributed by atoms with Gasteiger partial charge in [-0.3, -0.25) is 0 Å². The van der Waals surface area contributed by atoms with Crippen LogP contribution in [0.2, 0.25) is 0 Å². The van der Waals surface area contributed by atoms with E-state index in [1.165, 1.54) is 0 Å². The molecule has 0 fully saturated rings. The van der Waals surface area contributed by atoms with E-state index in [1.807, 2.05) is 0 Å². The number of hydrogen-bond donors (Lipinski definition) is 1. The second kappa shape index (κ2) is 6.31. The van der Waals surface area contributed by atoms with Crippen molar-refractivity contribution in [3.63, 3.8) is 0 Å². The van der Waals surface area contributed by atoms with Gasteiger partial charge in [-0.15, -0.1) is 22.6 Å². The lowest BCUT2D eigenvalue weighted by molar-refractivity contribution is -0.129. The predicted molar refractivity (Wildman–Crippen MR) is 57.5 cm³/mol. The van der Waals surface area contributed by atoms with Crippen LogP contribution in [0.1, 0.15) is 12.2 Å². The molecule has 0 spiro atoms. The van der Waals surface area contributed by atoms with E-state index in [-0.39, 0.29) is 24.7 Å². The van der Waals surface area contributed by atoms with Crippen LogP contribution in [-0.2, 0) is 13.6 Å². The Labute approximate surface area is 101 Å². The van der Waals surface area contributed by atoms with Gasteiger partial charge in [0, 0.05) is 12.8 Å². The van der Waals surface area contributed by atoms with Crippen LogP contribution in [0, 0.1) is 0 Å². The lowest BCUT2D eigenvalue weighted by Gasteiger charge is -2.05. The highest BCUT2D eigenvalue weighted by Crippen LogP contribution is 2.25. The third-order valence-corrected chi connectivity index (χ3v) is 2.75. The molecule has 1 aromatic rings. The van der Waals surface area contributed by atoms with Gasteiger partial charge >= 0.3 is 6.18 Å². The molecule has 1 heterocycles. The van der Waals surface area contributed by atoms with E-state index in [1.54, 1.807) is 11.6 Å². The molecule has 0 aromatic carbocycles. The second-order valence-corrected chi connectivity index (χ2v) is 3.94. The van der Waals surface area contributed by atoms with E-state index in [9.17, 15) is 13.2 Å². The monoisotopic (exact) mass is 276 g/mol. The quantitative estimate of drug-likeness (QED) is 0.851. The zero-order valence-electron chi connectivity index (χ0n) is 8.49. The molecule has 0 bridgehead atoms. The van der Waals surface area contributed by atoms with E-state index >= 15 is 0 Å². The summed E-state index contributed by atoms with van der Waals surface area (Å²) in [5.74, 6) is 0.504. The highest BCUT2D eigenvalue weighted by atomic mass is 35.5. The number of alkyl halides is 3. The summed E-state index contributed by atoms with van der Waals surface area (Å²) in [5, 5.41) is 7.93. The highest BCUT2D eigenvalue weighted by Gasteiger charge is 2.26. The molecule has 0 unspecified atom stereocenters.